The van der Waals surface area contributed by atoms with Crippen LogP contribution in [0.3, 0.4) is 0 Å². The van der Waals surface area contributed by atoms with Gasteiger partial charge in [0.1, 0.15) is 0 Å². The molecule has 0 unspecified atom stereocenters. The summed E-state index contributed by atoms with van der Waals surface area (Å²) in [6.45, 7) is 1.46. The van der Waals surface area contributed by atoms with Crippen LogP contribution in [0.1, 0.15) is 11.3 Å². The first-order valence-electron chi connectivity index (χ1n) is 4.79. The summed E-state index contributed by atoms with van der Waals surface area (Å²) >= 11 is 0. The Morgan fingerprint density at radius 3 is 2.93 bits per heavy atom. The zero-order valence-electron chi connectivity index (χ0n) is 8.88. The molecule has 0 amide bonds. The third kappa shape index (κ3) is 2.41. The van der Waals surface area contributed by atoms with E-state index in [1.54, 1.807) is 4.68 Å². The van der Waals surface area contributed by atoms with Gasteiger partial charge in [-0.1, -0.05) is 5.21 Å². The zero-order valence-corrected chi connectivity index (χ0v) is 8.88. The van der Waals surface area contributed by atoms with Crippen molar-refractivity contribution in [2.24, 2.45) is 7.05 Å². The minimum absolute atomic E-state index is 0.713. The average Bonchev–Trinajstić information content (AvgIpc) is 2.78. The van der Waals surface area contributed by atoms with Gasteiger partial charge in [-0.05, 0) is 7.05 Å². The first-order chi connectivity index (χ1) is 7.28. The number of hydrogen-bond donors (Lipinski definition) is 1. The van der Waals surface area contributed by atoms with Crippen LogP contribution in [0.2, 0.25) is 0 Å². The summed E-state index contributed by atoms with van der Waals surface area (Å²) in [4.78, 5) is 0. The van der Waals surface area contributed by atoms with Crippen molar-refractivity contribution in [1.29, 1.82) is 0 Å². The molecule has 2 aromatic rings. The van der Waals surface area contributed by atoms with Gasteiger partial charge in [0.25, 0.3) is 0 Å². The van der Waals surface area contributed by atoms with Gasteiger partial charge in [0.15, 0.2) is 0 Å². The van der Waals surface area contributed by atoms with Crippen LogP contribution in [-0.4, -0.2) is 31.8 Å². The second kappa shape index (κ2) is 4.22. The van der Waals surface area contributed by atoms with Crippen molar-refractivity contribution in [1.82, 2.24) is 30.1 Å². The van der Waals surface area contributed by atoms with Gasteiger partial charge < -0.3 is 5.32 Å². The predicted molar refractivity (Wildman–Crippen MR) is 55.1 cm³/mol. The van der Waals surface area contributed by atoms with E-state index in [1.165, 1.54) is 0 Å². The number of nitrogens with one attached hydrogen (secondary N) is 1. The summed E-state index contributed by atoms with van der Waals surface area (Å²) in [7, 11) is 3.79. The van der Waals surface area contributed by atoms with Gasteiger partial charge in [0.05, 0.1) is 24.6 Å². The van der Waals surface area contributed by atoms with E-state index >= 15 is 0 Å². The number of nitrogens with zero attached hydrogens (tertiary/aromatic N) is 5. The molecular weight excluding hydrogens is 192 g/mol. The van der Waals surface area contributed by atoms with Crippen LogP contribution >= 0.6 is 0 Å². The van der Waals surface area contributed by atoms with Crippen LogP contribution in [0.25, 0.3) is 0 Å². The van der Waals surface area contributed by atoms with E-state index in [0.717, 1.165) is 17.8 Å². The molecule has 0 bridgehead atoms. The van der Waals surface area contributed by atoms with Crippen molar-refractivity contribution in [2.75, 3.05) is 7.05 Å². The van der Waals surface area contributed by atoms with Crippen LogP contribution in [0.4, 0.5) is 0 Å². The second-order valence-electron chi connectivity index (χ2n) is 3.46. The van der Waals surface area contributed by atoms with Crippen molar-refractivity contribution in [3.05, 3.63) is 29.8 Å². The molecule has 0 atom stereocenters. The molecule has 0 aromatic carbocycles. The minimum atomic E-state index is 0.713. The standard InChI is InChI=1S/C9H14N6/c1-10-4-9-7-15(13-12-9)6-8-3-11-14(2)5-8/h3,5,7,10H,4,6H2,1-2H3. The smallest absolute Gasteiger partial charge is 0.0964 e. The molecule has 0 aliphatic carbocycles. The third-order valence-corrected chi connectivity index (χ3v) is 2.05. The van der Waals surface area contributed by atoms with Gasteiger partial charge in [-0.25, -0.2) is 4.68 Å². The molecule has 6 heteroatoms. The summed E-state index contributed by atoms with van der Waals surface area (Å²) in [5, 5.41) is 15.2. The summed E-state index contributed by atoms with van der Waals surface area (Å²) in [6.07, 6.45) is 5.74. The maximum Gasteiger partial charge on any atom is 0.0964 e. The van der Waals surface area contributed by atoms with Gasteiger partial charge in [-0.3, -0.25) is 4.68 Å². The Morgan fingerprint density at radius 2 is 2.27 bits per heavy atom. The van der Waals surface area contributed by atoms with Gasteiger partial charge in [-0.2, -0.15) is 5.10 Å². The normalized spacial score (nSPS) is 10.8. The van der Waals surface area contributed by atoms with Gasteiger partial charge in [-0.15, -0.1) is 5.10 Å². The van der Waals surface area contributed by atoms with Crippen LogP contribution in [0.15, 0.2) is 18.6 Å². The van der Waals surface area contributed by atoms with Gasteiger partial charge >= 0.3 is 0 Å². The molecule has 2 heterocycles. The summed E-state index contributed by atoms with van der Waals surface area (Å²) in [6, 6.07) is 0. The molecule has 0 saturated heterocycles. The first-order valence-corrected chi connectivity index (χ1v) is 4.79. The highest BCUT2D eigenvalue weighted by Gasteiger charge is 2.01. The monoisotopic (exact) mass is 206 g/mol. The van der Waals surface area contributed by atoms with Crippen molar-refractivity contribution >= 4 is 0 Å². The topological polar surface area (TPSA) is 60.6 Å². The van der Waals surface area contributed by atoms with Crippen LogP contribution in [0, 0.1) is 0 Å². The van der Waals surface area contributed by atoms with Crippen molar-refractivity contribution in [2.45, 2.75) is 13.1 Å². The van der Waals surface area contributed by atoms with Crippen molar-refractivity contribution < 1.29 is 0 Å². The lowest BCUT2D eigenvalue weighted by Crippen LogP contribution is -2.05. The number of aryl methyl sites for hydroxylation is 1. The molecule has 0 spiro atoms. The van der Waals surface area contributed by atoms with E-state index in [9.17, 15) is 0 Å². The Bertz CT molecular complexity index is 429. The van der Waals surface area contributed by atoms with E-state index in [2.05, 4.69) is 20.7 Å². The first kappa shape index (κ1) is 9.85. The SMILES string of the molecule is CNCc1cn(Cc2cnn(C)c2)nn1. The molecule has 80 valence electrons. The van der Waals surface area contributed by atoms with E-state index in [1.807, 2.05) is 37.4 Å². The molecule has 1 N–H and O–H groups in total. The highest BCUT2D eigenvalue weighted by atomic mass is 15.4. The molecule has 0 saturated carbocycles. The Kier molecular flexibility index (Phi) is 2.77. The van der Waals surface area contributed by atoms with Crippen molar-refractivity contribution in [3.8, 4) is 0 Å². The number of hydrogen-bond acceptors (Lipinski definition) is 4. The Labute approximate surface area is 87.9 Å². The minimum Gasteiger partial charge on any atom is -0.314 e. The average molecular weight is 206 g/mol. The van der Waals surface area contributed by atoms with Gasteiger partial charge in [0, 0.05) is 25.4 Å². The van der Waals surface area contributed by atoms with Gasteiger partial charge in [0.2, 0.25) is 0 Å². The Hall–Kier alpha value is -1.69. The molecule has 0 aliphatic rings. The Morgan fingerprint density at radius 1 is 1.40 bits per heavy atom. The largest absolute Gasteiger partial charge is 0.314 e. The molecule has 15 heavy (non-hydrogen) atoms. The van der Waals surface area contributed by atoms with E-state index in [0.29, 0.717) is 6.54 Å². The quantitative estimate of drug-likeness (QED) is 0.751. The van der Waals surface area contributed by atoms with Crippen molar-refractivity contribution in [3.63, 3.8) is 0 Å². The fourth-order valence-electron chi connectivity index (χ4n) is 1.42. The lowest BCUT2D eigenvalue weighted by atomic mass is 10.3. The summed E-state index contributed by atoms with van der Waals surface area (Å²) in [5.41, 5.74) is 2.07. The van der Waals surface area contributed by atoms with Crippen LogP contribution < -0.4 is 5.32 Å². The van der Waals surface area contributed by atoms with E-state index < -0.39 is 0 Å². The van der Waals surface area contributed by atoms with E-state index in [-0.39, 0.29) is 0 Å². The van der Waals surface area contributed by atoms with E-state index in [4.69, 9.17) is 0 Å². The van der Waals surface area contributed by atoms with Crippen LogP contribution in [0.5, 0.6) is 0 Å². The molecule has 2 rings (SSSR count). The molecule has 2 aromatic heterocycles. The fourth-order valence-corrected chi connectivity index (χ4v) is 1.42. The lowest BCUT2D eigenvalue weighted by molar-refractivity contribution is 0.648. The number of aromatic nitrogens is 5. The lowest BCUT2D eigenvalue weighted by Gasteiger charge is -1.95. The maximum absolute atomic E-state index is 4.10. The highest BCUT2D eigenvalue weighted by molar-refractivity contribution is 5.04. The fraction of sp³-hybridized carbons (Fsp3) is 0.444. The van der Waals surface area contributed by atoms with Crippen LogP contribution in [-0.2, 0) is 20.1 Å². The zero-order chi connectivity index (χ0) is 10.7. The molecule has 0 radical (unpaired) electrons. The molecular formula is C9H14N6. The molecule has 0 fully saturated rings. The highest BCUT2D eigenvalue weighted by Crippen LogP contribution is 2.00. The molecule has 0 aliphatic heterocycles. The number of rotatable bonds is 4. The Balaban J connectivity index is 2.04. The molecule has 6 nitrogen and oxygen atoms in total. The third-order valence-electron chi connectivity index (χ3n) is 2.05. The summed E-state index contributed by atoms with van der Waals surface area (Å²) in [5.74, 6) is 0. The summed E-state index contributed by atoms with van der Waals surface area (Å²) < 4.78 is 3.59. The predicted octanol–water partition coefficient (Wildman–Crippen LogP) is -0.221. The maximum atomic E-state index is 4.10. The second-order valence-corrected chi connectivity index (χ2v) is 3.46.